The van der Waals surface area contributed by atoms with Crippen LogP contribution in [0.4, 0.5) is 11.8 Å². The number of nitrogen functional groups attached to an aromatic ring is 1. The summed E-state index contributed by atoms with van der Waals surface area (Å²) in [7, 11) is 0. The quantitative estimate of drug-likeness (QED) is 0.819. The summed E-state index contributed by atoms with van der Waals surface area (Å²) >= 11 is 5.99. The highest BCUT2D eigenvalue weighted by molar-refractivity contribution is 6.32. The van der Waals surface area contributed by atoms with Crippen molar-refractivity contribution < 1.29 is 4.74 Å². The molecular formula is C10H13ClN4O. The topological polar surface area (TPSA) is 73.1 Å². The van der Waals surface area contributed by atoms with Crippen molar-refractivity contribution in [3.05, 3.63) is 11.2 Å². The number of ether oxygens (including phenoxy) is 1. The molecule has 2 aliphatic rings. The molecule has 3 unspecified atom stereocenters. The SMILES string of the molecule is Nc1ncc(Cl)c(NC2CC3CCC2O3)n1. The van der Waals surface area contributed by atoms with E-state index in [4.69, 9.17) is 22.1 Å². The fourth-order valence-corrected chi connectivity index (χ4v) is 2.59. The predicted molar refractivity (Wildman–Crippen MR) is 61.4 cm³/mol. The molecule has 0 radical (unpaired) electrons. The van der Waals surface area contributed by atoms with Crippen LogP contribution in [-0.2, 0) is 4.74 Å². The second-order valence-electron chi connectivity index (χ2n) is 4.29. The summed E-state index contributed by atoms with van der Waals surface area (Å²) in [4.78, 5) is 7.91. The predicted octanol–water partition coefficient (Wildman–Crippen LogP) is 1.44. The average molecular weight is 241 g/mol. The Morgan fingerprint density at radius 3 is 3.06 bits per heavy atom. The van der Waals surface area contributed by atoms with Crippen LogP contribution in [0.3, 0.4) is 0 Å². The van der Waals surface area contributed by atoms with E-state index in [0.717, 1.165) is 12.8 Å². The van der Waals surface area contributed by atoms with Crippen molar-refractivity contribution in [1.82, 2.24) is 9.97 Å². The molecule has 16 heavy (non-hydrogen) atoms. The minimum Gasteiger partial charge on any atom is -0.373 e. The third-order valence-electron chi connectivity index (χ3n) is 3.19. The molecule has 0 spiro atoms. The Labute approximate surface area is 98.4 Å². The van der Waals surface area contributed by atoms with Crippen molar-refractivity contribution in [3.8, 4) is 0 Å². The molecule has 0 saturated carbocycles. The van der Waals surface area contributed by atoms with E-state index in [1.54, 1.807) is 0 Å². The summed E-state index contributed by atoms with van der Waals surface area (Å²) in [5.41, 5.74) is 5.53. The van der Waals surface area contributed by atoms with Gasteiger partial charge in [-0.15, -0.1) is 0 Å². The minimum atomic E-state index is 0.232. The first kappa shape index (κ1) is 10.1. The molecule has 0 amide bonds. The minimum absolute atomic E-state index is 0.232. The van der Waals surface area contributed by atoms with Gasteiger partial charge in [-0.05, 0) is 19.3 Å². The van der Waals surface area contributed by atoms with Crippen LogP contribution in [0.2, 0.25) is 5.02 Å². The molecule has 6 heteroatoms. The third kappa shape index (κ3) is 1.70. The standard InChI is InChI=1S/C10H13ClN4O/c11-6-4-13-10(12)15-9(6)14-7-3-5-1-2-8(7)16-5/h4-5,7-8H,1-3H2,(H3,12,13,14,15). The van der Waals surface area contributed by atoms with E-state index in [-0.39, 0.29) is 12.1 Å². The molecule has 3 N–H and O–H groups in total. The van der Waals surface area contributed by atoms with Crippen molar-refractivity contribution >= 4 is 23.4 Å². The number of hydrogen-bond donors (Lipinski definition) is 2. The van der Waals surface area contributed by atoms with Gasteiger partial charge in [0.1, 0.15) is 5.02 Å². The lowest BCUT2D eigenvalue weighted by Gasteiger charge is -2.21. The lowest BCUT2D eigenvalue weighted by Crippen LogP contribution is -2.31. The smallest absolute Gasteiger partial charge is 0.222 e. The van der Waals surface area contributed by atoms with Crippen molar-refractivity contribution in [1.29, 1.82) is 0 Å². The number of hydrogen-bond acceptors (Lipinski definition) is 5. The molecule has 1 aromatic rings. The highest BCUT2D eigenvalue weighted by atomic mass is 35.5. The Bertz CT molecular complexity index is 414. The molecular weight excluding hydrogens is 228 g/mol. The van der Waals surface area contributed by atoms with Gasteiger partial charge in [-0.3, -0.25) is 0 Å². The number of aromatic nitrogens is 2. The molecule has 3 rings (SSSR count). The second kappa shape index (κ2) is 3.75. The van der Waals surface area contributed by atoms with Gasteiger partial charge >= 0.3 is 0 Å². The zero-order chi connectivity index (χ0) is 11.1. The fraction of sp³-hybridized carbons (Fsp3) is 0.600. The average Bonchev–Trinajstić information content (AvgIpc) is 2.85. The van der Waals surface area contributed by atoms with Crippen molar-refractivity contribution in [2.75, 3.05) is 11.1 Å². The van der Waals surface area contributed by atoms with Gasteiger partial charge in [0.25, 0.3) is 0 Å². The van der Waals surface area contributed by atoms with Gasteiger partial charge in [0, 0.05) is 0 Å². The molecule has 2 bridgehead atoms. The van der Waals surface area contributed by atoms with E-state index < -0.39 is 0 Å². The third-order valence-corrected chi connectivity index (χ3v) is 3.47. The van der Waals surface area contributed by atoms with Crippen molar-refractivity contribution in [3.63, 3.8) is 0 Å². The summed E-state index contributed by atoms with van der Waals surface area (Å²) in [5, 5.41) is 3.79. The van der Waals surface area contributed by atoms with Gasteiger partial charge in [0.2, 0.25) is 5.95 Å². The summed E-state index contributed by atoms with van der Waals surface area (Å²) in [6.07, 6.45) is 5.51. The van der Waals surface area contributed by atoms with Gasteiger partial charge < -0.3 is 15.8 Å². The molecule has 0 aromatic carbocycles. The lowest BCUT2D eigenvalue weighted by molar-refractivity contribution is 0.102. The molecule has 86 valence electrons. The monoisotopic (exact) mass is 240 g/mol. The van der Waals surface area contributed by atoms with Crippen LogP contribution in [0.5, 0.6) is 0 Å². The molecule has 5 nitrogen and oxygen atoms in total. The van der Waals surface area contributed by atoms with E-state index in [2.05, 4.69) is 15.3 Å². The fourth-order valence-electron chi connectivity index (χ4n) is 2.45. The number of halogens is 1. The van der Waals surface area contributed by atoms with Crippen LogP contribution >= 0.6 is 11.6 Å². The van der Waals surface area contributed by atoms with Crippen LogP contribution in [-0.4, -0.2) is 28.2 Å². The Balaban J connectivity index is 1.76. The summed E-state index contributed by atoms with van der Waals surface area (Å²) in [6.45, 7) is 0. The first-order chi connectivity index (χ1) is 7.72. The first-order valence-electron chi connectivity index (χ1n) is 5.42. The first-order valence-corrected chi connectivity index (χ1v) is 5.80. The van der Waals surface area contributed by atoms with Crippen LogP contribution < -0.4 is 11.1 Å². The van der Waals surface area contributed by atoms with E-state index in [0.29, 0.717) is 23.0 Å². The molecule has 3 atom stereocenters. The number of rotatable bonds is 2. The zero-order valence-electron chi connectivity index (χ0n) is 8.69. The van der Waals surface area contributed by atoms with Gasteiger partial charge in [0.15, 0.2) is 5.82 Å². The number of fused-ring (bicyclic) bond motifs is 2. The van der Waals surface area contributed by atoms with E-state index in [1.165, 1.54) is 12.6 Å². The maximum absolute atomic E-state index is 5.99. The Kier molecular flexibility index (Phi) is 2.37. The number of nitrogens with zero attached hydrogens (tertiary/aromatic N) is 2. The van der Waals surface area contributed by atoms with E-state index in [1.807, 2.05) is 0 Å². The maximum Gasteiger partial charge on any atom is 0.222 e. The molecule has 2 saturated heterocycles. The van der Waals surface area contributed by atoms with Crippen LogP contribution in [0, 0.1) is 0 Å². The second-order valence-corrected chi connectivity index (χ2v) is 4.69. The molecule has 2 aliphatic heterocycles. The number of nitrogens with two attached hydrogens (primary N) is 1. The highest BCUT2D eigenvalue weighted by Crippen LogP contribution is 2.36. The van der Waals surface area contributed by atoms with E-state index in [9.17, 15) is 0 Å². The van der Waals surface area contributed by atoms with Crippen molar-refractivity contribution in [2.45, 2.75) is 37.5 Å². The number of anilines is 2. The zero-order valence-corrected chi connectivity index (χ0v) is 9.44. The Morgan fingerprint density at radius 1 is 1.50 bits per heavy atom. The number of nitrogens with one attached hydrogen (secondary N) is 1. The lowest BCUT2D eigenvalue weighted by atomic mass is 9.95. The summed E-state index contributed by atoms with van der Waals surface area (Å²) in [6, 6.07) is 0.297. The summed E-state index contributed by atoms with van der Waals surface area (Å²) in [5.74, 6) is 0.839. The molecule has 0 aliphatic carbocycles. The van der Waals surface area contributed by atoms with Gasteiger partial charge in [0.05, 0.1) is 24.4 Å². The van der Waals surface area contributed by atoms with Gasteiger partial charge in [-0.25, -0.2) is 4.98 Å². The van der Waals surface area contributed by atoms with E-state index >= 15 is 0 Å². The summed E-state index contributed by atoms with van der Waals surface area (Å²) < 4.78 is 5.75. The Morgan fingerprint density at radius 2 is 2.38 bits per heavy atom. The van der Waals surface area contributed by atoms with Gasteiger partial charge in [-0.2, -0.15) is 4.98 Å². The maximum atomic E-state index is 5.99. The van der Waals surface area contributed by atoms with Gasteiger partial charge in [-0.1, -0.05) is 11.6 Å². The molecule has 3 heterocycles. The van der Waals surface area contributed by atoms with Crippen molar-refractivity contribution in [2.24, 2.45) is 0 Å². The molecule has 2 fully saturated rings. The van der Waals surface area contributed by atoms with Crippen LogP contribution in [0.15, 0.2) is 6.20 Å². The van der Waals surface area contributed by atoms with Crippen LogP contribution in [0.25, 0.3) is 0 Å². The largest absolute Gasteiger partial charge is 0.373 e. The molecule has 1 aromatic heterocycles. The Hall–Kier alpha value is -1.07. The normalized spacial score (nSPS) is 31.9. The highest BCUT2D eigenvalue weighted by Gasteiger charge is 2.41. The van der Waals surface area contributed by atoms with Crippen LogP contribution in [0.1, 0.15) is 19.3 Å².